The first-order valence-corrected chi connectivity index (χ1v) is 14.5. The summed E-state index contributed by atoms with van der Waals surface area (Å²) in [6.07, 6.45) is 1.97. The van der Waals surface area contributed by atoms with Gasteiger partial charge in [-0.15, -0.1) is 11.3 Å². The number of thiophene rings is 1. The Kier molecular flexibility index (Phi) is 8.63. The summed E-state index contributed by atoms with van der Waals surface area (Å²) < 4.78 is 10.5. The van der Waals surface area contributed by atoms with Gasteiger partial charge < -0.3 is 24.7 Å². The van der Waals surface area contributed by atoms with Crippen molar-refractivity contribution in [2.24, 2.45) is 0 Å². The first-order valence-electron chi connectivity index (χ1n) is 12.8. The van der Waals surface area contributed by atoms with Crippen molar-refractivity contribution in [2.45, 2.75) is 25.9 Å². The highest BCUT2D eigenvalue weighted by Gasteiger charge is 2.30. The molecule has 12 heteroatoms. The third kappa shape index (κ3) is 6.09. The van der Waals surface area contributed by atoms with E-state index < -0.39 is 17.9 Å². The average Bonchev–Trinajstić information content (AvgIpc) is 3.67. The molecule has 4 aromatic rings. The van der Waals surface area contributed by atoms with Gasteiger partial charge in [0, 0.05) is 30.6 Å². The van der Waals surface area contributed by atoms with Crippen LogP contribution in [0.5, 0.6) is 0 Å². The monoisotopic (exact) mass is 613 g/mol. The number of benzene rings is 2. The molecule has 3 heterocycles. The lowest BCUT2D eigenvalue weighted by Crippen LogP contribution is -2.49. The minimum Gasteiger partial charge on any atom is -0.464 e. The van der Waals surface area contributed by atoms with Crippen LogP contribution in [0.4, 0.5) is 0 Å². The Morgan fingerprint density at radius 3 is 2.71 bits per heavy atom. The fourth-order valence-electron chi connectivity index (χ4n) is 4.66. The van der Waals surface area contributed by atoms with Gasteiger partial charge in [0.25, 0.3) is 17.7 Å². The lowest BCUT2D eigenvalue weighted by atomic mass is 9.96. The highest BCUT2D eigenvalue weighted by atomic mass is 35.5. The van der Waals surface area contributed by atoms with Crippen LogP contribution in [-0.4, -0.2) is 54.3 Å². The van der Waals surface area contributed by atoms with Crippen LogP contribution in [0.15, 0.2) is 58.5 Å². The third-order valence-electron chi connectivity index (χ3n) is 6.71. The van der Waals surface area contributed by atoms with Crippen molar-refractivity contribution in [1.29, 1.82) is 0 Å². The Hall–Kier alpha value is -3.86. The molecular formula is C29H25Cl2N3O6S. The number of nitrogens with zero attached hydrogens (tertiary/aromatic N) is 1. The number of halogens is 2. The summed E-state index contributed by atoms with van der Waals surface area (Å²) >= 11 is 14.5. The summed E-state index contributed by atoms with van der Waals surface area (Å²) in [5, 5.41) is 8.13. The molecule has 0 spiro atoms. The van der Waals surface area contributed by atoms with Crippen molar-refractivity contribution >= 4 is 69.2 Å². The number of furan rings is 1. The molecule has 3 amide bonds. The standard InChI is InChI=1S/C29H25Cl2N3O6S/c1-2-39-29(38)21(14-32-26(35)23-4-3-11-41-23)33-27(36)24-20(30)12-18-15-34(9-7-19(18)25(24)31)28(37)17-6-5-16-8-10-40-22(16)13-17/h3-6,8,10-13,21H,2,7,9,14-15H2,1H3,(H,32,35)(H,33,36)/t21-/m0/s1. The Labute approximate surface area is 249 Å². The smallest absolute Gasteiger partial charge is 0.330 e. The van der Waals surface area contributed by atoms with E-state index in [2.05, 4.69) is 10.6 Å². The number of fused-ring (bicyclic) bond motifs is 2. The predicted molar refractivity (Wildman–Crippen MR) is 156 cm³/mol. The summed E-state index contributed by atoms with van der Waals surface area (Å²) in [5.41, 5.74) is 2.56. The maximum absolute atomic E-state index is 13.3. The molecular weight excluding hydrogens is 589 g/mol. The summed E-state index contributed by atoms with van der Waals surface area (Å²) in [6.45, 7) is 2.18. The van der Waals surface area contributed by atoms with E-state index in [0.717, 1.165) is 10.9 Å². The summed E-state index contributed by atoms with van der Waals surface area (Å²) in [7, 11) is 0. The van der Waals surface area contributed by atoms with Gasteiger partial charge >= 0.3 is 5.97 Å². The second kappa shape index (κ2) is 12.3. The first-order chi connectivity index (χ1) is 19.8. The number of ether oxygens (including phenoxy) is 1. The molecule has 2 N–H and O–H groups in total. The van der Waals surface area contributed by atoms with Gasteiger partial charge in [0.05, 0.1) is 33.4 Å². The molecule has 1 aliphatic rings. The topological polar surface area (TPSA) is 118 Å². The quantitative estimate of drug-likeness (QED) is 0.267. The van der Waals surface area contributed by atoms with Gasteiger partial charge in [-0.25, -0.2) is 4.79 Å². The van der Waals surface area contributed by atoms with Crippen LogP contribution in [-0.2, 0) is 22.5 Å². The van der Waals surface area contributed by atoms with E-state index in [4.69, 9.17) is 32.4 Å². The summed E-state index contributed by atoms with van der Waals surface area (Å²) in [5.74, 6) is -1.93. The Morgan fingerprint density at radius 2 is 1.95 bits per heavy atom. The van der Waals surface area contributed by atoms with Crippen LogP contribution in [0.1, 0.15) is 48.4 Å². The van der Waals surface area contributed by atoms with Crippen LogP contribution in [0, 0.1) is 0 Å². The number of rotatable bonds is 8. The lowest BCUT2D eigenvalue weighted by Gasteiger charge is -2.30. The first kappa shape index (κ1) is 28.7. The van der Waals surface area contributed by atoms with Gasteiger partial charge in [-0.05, 0) is 60.2 Å². The van der Waals surface area contributed by atoms with E-state index in [-0.39, 0.29) is 47.1 Å². The molecule has 0 aliphatic carbocycles. The average molecular weight is 615 g/mol. The zero-order valence-corrected chi connectivity index (χ0v) is 24.2. The van der Waals surface area contributed by atoms with E-state index in [9.17, 15) is 19.2 Å². The Balaban J connectivity index is 1.32. The highest BCUT2D eigenvalue weighted by Crippen LogP contribution is 2.35. The van der Waals surface area contributed by atoms with E-state index >= 15 is 0 Å². The molecule has 0 fully saturated rings. The van der Waals surface area contributed by atoms with Crippen LogP contribution in [0.3, 0.4) is 0 Å². The van der Waals surface area contributed by atoms with Crippen molar-refractivity contribution in [3.63, 3.8) is 0 Å². The van der Waals surface area contributed by atoms with Crippen LogP contribution in [0.25, 0.3) is 11.0 Å². The normalized spacial score (nSPS) is 13.4. The van der Waals surface area contributed by atoms with E-state index in [1.807, 2.05) is 12.1 Å². The Morgan fingerprint density at radius 1 is 1.12 bits per heavy atom. The molecule has 0 radical (unpaired) electrons. The largest absolute Gasteiger partial charge is 0.464 e. The van der Waals surface area contributed by atoms with Crippen LogP contribution in [0.2, 0.25) is 10.0 Å². The molecule has 0 saturated carbocycles. The van der Waals surface area contributed by atoms with Crippen molar-refractivity contribution in [1.82, 2.24) is 15.5 Å². The molecule has 0 bridgehead atoms. The van der Waals surface area contributed by atoms with E-state index in [1.54, 1.807) is 53.8 Å². The molecule has 2 aromatic carbocycles. The van der Waals surface area contributed by atoms with Gasteiger partial charge in [-0.3, -0.25) is 14.4 Å². The molecule has 1 aliphatic heterocycles. The van der Waals surface area contributed by atoms with E-state index in [1.165, 1.54) is 11.3 Å². The van der Waals surface area contributed by atoms with Crippen LogP contribution >= 0.6 is 34.5 Å². The minimum absolute atomic E-state index is 0.00835. The van der Waals surface area contributed by atoms with E-state index in [0.29, 0.717) is 34.6 Å². The SMILES string of the molecule is CCOC(=O)[C@H](CNC(=O)c1cccs1)NC(=O)c1c(Cl)cc2c(c1Cl)CCN(C(=O)c1ccc3ccoc3c1)C2. The number of hydrogen-bond donors (Lipinski definition) is 2. The summed E-state index contributed by atoms with van der Waals surface area (Å²) in [4.78, 5) is 53.7. The molecule has 41 heavy (non-hydrogen) atoms. The van der Waals surface area contributed by atoms with Crippen LogP contribution < -0.4 is 10.6 Å². The van der Waals surface area contributed by atoms with Crippen molar-refractivity contribution in [2.75, 3.05) is 19.7 Å². The lowest BCUT2D eigenvalue weighted by molar-refractivity contribution is -0.145. The maximum Gasteiger partial charge on any atom is 0.330 e. The van der Waals surface area contributed by atoms with Gasteiger partial charge in [0.1, 0.15) is 11.6 Å². The molecule has 0 saturated heterocycles. The molecule has 212 valence electrons. The highest BCUT2D eigenvalue weighted by molar-refractivity contribution is 7.12. The molecule has 1 atom stereocenters. The summed E-state index contributed by atoms with van der Waals surface area (Å²) in [6, 6.07) is 11.0. The number of hydrogen-bond acceptors (Lipinski definition) is 7. The van der Waals surface area contributed by atoms with Crippen molar-refractivity contribution < 1.29 is 28.3 Å². The maximum atomic E-state index is 13.3. The number of carbonyl (C=O) groups excluding carboxylic acids is 4. The van der Waals surface area contributed by atoms with Gasteiger partial charge in [0.2, 0.25) is 0 Å². The number of esters is 1. The second-order valence-corrected chi connectivity index (χ2v) is 11.0. The predicted octanol–water partition coefficient (Wildman–Crippen LogP) is 5.09. The van der Waals surface area contributed by atoms with Crippen molar-refractivity contribution in [3.8, 4) is 0 Å². The molecule has 9 nitrogen and oxygen atoms in total. The zero-order chi connectivity index (χ0) is 29.1. The van der Waals surface area contributed by atoms with Crippen molar-refractivity contribution in [3.05, 3.63) is 91.3 Å². The second-order valence-electron chi connectivity index (χ2n) is 9.30. The Bertz CT molecular complexity index is 1630. The number of amides is 3. The molecule has 5 rings (SSSR count). The number of carbonyl (C=O) groups is 4. The van der Waals surface area contributed by atoms with Gasteiger partial charge in [-0.2, -0.15) is 0 Å². The molecule has 2 aromatic heterocycles. The fourth-order valence-corrected chi connectivity index (χ4v) is 6.06. The molecule has 0 unspecified atom stereocenters. The third-order valence-corrected chi connectivity index (χ3v) is 8.29. The minimum atomic E-state index is -1.17. The number of nitrogens with one attached hydrogen (secondary N) is 2. The van der Waals surface area contributed by atoms with Gasteiger partial charge in [-0.1, -0.05) is 35.3 Å². The van der Waals surface area contributed by atoms with Gasteiger partial charge in [0.15, 0.2) is 0 Å². The zero-order valence-electron chi connectivity index (χ0n) is 21.9. The fraction of sp³-hybridized carbons (Fsp3) is 0.241.